The van der Waals surface area contributed by atoms with Gasteiger partial charge in [0.15, 0.2) is 5.82 Å². The van der Waals surface area contributed by atoms with Gasteiger partial charge in [-0.1, -0.05) is 25.4 Å². The molecule has 2 amide bonds. The molecule has 212 valence electrons. The molecule has 11 heteroatoms. The number of halogens is 2. The zero-order chi connectivity index (χ0) is 28.8. The molecule has 1 aliphatic heterocycles. The molecular weight excluding hydrogens is 533 g/mol. The lowest BCUT2D eigenvalue weighted by atomic mass is 10.1. The fraction of sp³-hybridized carbons (Fsp3) is 0.414. The molecule has 0 bridgehead atoms. The van der Waals surface area contributed by atoms with Gasteiger partial charge in [-0.3, -0.25) is 19.5 Å². The summed E-state index contributed by atoms with van der Waals surface area (Å²) in [6.07, 6.45) is 7.31. The van der Waals surface area contributed by atoms with Crippen molar-refractivity contribution in [2.75, 3.05) is 39.0 Å². The van der Waals surface area contributed by atoms with Crippen molar-refractivity contribution in [3.63, 3.8) is 0 Å². The molecule has 2 N–H and O–H groups in total. The van der Waals surface area contributed by atoms with Crippen LogP contribution in [0.3, 0.4) is 0 Å². The van der Waals surface area contributed by atoms with Crippen LogP contribution in [0.2, 0.25) is 5.02 Å². The summed E-state index contributed by atoms with van der Waals surface area (Å²) >= 11 is 6.09. The second kappa shape index (κ2) is 13.1. The number of nitrogens with one attached hydrogen (secondary N) is 2. The number of nitrogens with zero attached hydrogens (tertiary/aromatic N) is 5. The second-order valence-corrected chi connectivity index (χ2v) is 10.8. The Bertz CT molecular complexity index is 1370. The first-order valence-electron chi connectivity index (χ1n) is 13.4. The van der Waals surface area contributed by atoms with E-state index in [1.54, 1.807) is 37.5 Å². The highest BCUT2D eigenvalue weighted by Crippen LogP contribution is 2.30. The number of likely N-dealkylation sites (N-methyl/N-ethyl adjacent to an activating group) is 1. The number of hydrogen-bond acceptors (Lipinski definition) is 7. The molecule has 9 nitrogen and oxygen atoms in total. The first-order chi connectivity index (χ1) is 19.2. The Labute approximate surface area is 239 Å². The van der Waals surface area contributed by atoms with Crippen LogP contribution >= 0.6 is 11.6 Å². The molecule has 0 radical (unpaired) electrons. The normalized spacial score (nSPS) is 15.3. The molecule has 1 fully saturated rings. The predicted molar refractivity (Wildman–Crippen MR) is 154 cm³/mol. The highest BCUT2D eigenvalue weighted by molar-refractivity contribution is 6.30. The minimum atomic E-state index is -0.483. The van der Waals surface area contributed by atoms with E-state index in [1.165, 1.54) is 24.4 Å². The summed E-state index contributed by atoms with van der Waals surface area (Å²) in [4.78, 5) is 42.5. The standard InChI is InChI=1S/C29H35ClFN7O2/c1-18(2)21-17-34-26(20-15-19(30)8-9-23(20)31)36-27(21)35-24-10-12-32-16-22(24)28(39)33-11-6-14-38-13-5-7-25(38)29(40)37(3)4/h8-10,12,15-18,25H,5-7,11,13-14H2,1-4H3,(H,33,39)(H,32,34,35,36)/t25-/m0/s1. The molecule has 1 atom stereocenters. The largest absolute Gasteiger partial charge is 0.352 e. The lowest BCUT2D eigenvalue weighted by molar-refractivity contribution is -0.133. The number of aromatic nitrogens is 3. The molecular formula is C29H35ClFN7O2. The molecule has 4 rings (SSSR count). The molecule has 3 aromatic rings. The minimum absolute atomic E-state index is 0.0636. The van der Waals surface area contributed by atoms with E-state index in [4.69, 9.17) is 11.6 Å². The van der Waals surface area contributed by atoms with Crippen LogP contribution in [-0.4, -0.2) is 76.3 Å². The lowest BCUT2D eigenvalue weighted by Gasteiger charge is -2.26. The number of carbonyl (C=O) groups is 2. The van der Waals surface area contributed by atoms with Crippen molar-refractivity contribution in [1.29, 1.82) is 0 Å². The van der Waals surface area contributed by atoms with Gasteiger partial charge in [-0.25, -0.2) is 14.4 Å². The number of pyridine rings is 1. The van der Waals surface area contributed by atoms with Crippen molar-refractivity contribution in [2.45, 2.75) is 45.1 Å². The number of amides is 2. The van der Waals surface area contributed by atoms with Crippen molar-refractivity contribution >= 4 is 34.9 Å². The Balaban J connectivity index is 1.46. The van der Waals surface area contributed by atoms with E-state index in [-0.39, 0.29) is 35.2 Å². The smallest absolute Gasteiger partial charge is 0.254 e. The monoisotopic (exact) mass is 567 g/mol. The first-order valence-corrected chi connectivity index (χ1v) is 13.8. The molecule has 1 saturated heterocycles. The van der Waals surface area contributed by atoms with Gasteiger partial charge in [0, 0.05) is 56.4 Å². The Hall–Kier alpha value is -3.63. The van der Waals surface area contributed by atoms with Gasteiger partial charge < -0.3 is 15.5 Å². The van der Waals surface area contributed by atoms with E-state index in [0.717, 1.165) is 31.5 Å². The predicted octanol–water partition coefficient (Wildman–Crippen LogP) is 4.87. The van der Waals surface area contributed by atoms with Crippen LogP contribution in [0.5, 0.6) is 0 Å². The van der Waals surface area contributed by atoms with Crippen molar-refractivity contribution in [3.8, 4) is 11.4 Å². The van der Waals surface area contributed by atoms with E-state index in [0.29, 0.717) is 35.1 Å². The zero-order valence-electron chi connectivity index (χ0n) is 23.2. The first kappa shape index (κ1) is 29.4. The van der Waals surface area contributed by atoms with Crippen molar-refractivity contribution in [3.05, 3.63) is 64.8 Å². The number of carbonyl (C=O) groups excluding carboxylic acids is 2. The van der Waals surface area contributed by atoms with Gasteiger partial charge >= 0.3 is 0 Å². The maximum absolute atomic E-state index is 14.5. The van der Waals surface area contributed by atoms with Crippen molar-refractivity contribution in [2.24, 2.45) is 0 Å². The van der Waals surface area contributed by atoms with Gasteiger partial charge in [-0.15, -0.1) is 0 Å². The average molecular weight is 568 g/mol. The van der Waals surface area contributed by atoms with E-state index >= 15 is 0 Å². The van der Waals surface area contributed by atoms with E-state index in [1.807, 2.05) is 13.8 Å². The molecule has 0 spiro atoms. The zero-order valence-corrected chi connectivity index (χ0v) is 24.0. The van der Waals surface area contributed by atoms with Crippen LogP contribution in [0.25, 0.3) is 11.4 Å². The van der Waals surface area contributed by atoms with Crippen LogP contribution in [0, 0.1) is 5.82 Å². The molecule has 0 saturated carbocycles. The van der Waals surface area contributed by atoms with Gasteiger partial charge in [0.1, 0.15) is 11.6 Å². The van der Waals surface area contributed by atoms with Crippen LogP contribution in [0.1, 0.15) is 54.9 Å². The fourth-order valence-corrected chi connectivity index (χ4v) is 4.95. The summed E-state index contributed by atoms with van der Waals surface area (Å²) in [5, 5.41) is 6.60. The average Bonchev–Trinajstić information content (AvgIpc) is 3.40. The third-order valence-electron chi connectivity index (χ3n) is 6.92. The topological polar surface area (TPSA) is 103 Å². The SMILES string of the molecule is CC(C)c1cnc(-c2cc(Cl)ccc2F)nc1Nc1ccncc1C(=O)NCCCN1CCC[C@H]1C(=O)N(C)C. The number of likely N-dealkylation sites (tertiary alicyclic amines) is 1. The third-order valence-corrected chi connectivity index (χ3v) is 7.16. The number of anilines is 2. The summed E-state index contributed by atoms with van der Waals surface area (Å²) in [6, 6.07) is 5.84. The molecule has 3 heterocycles. The highest BCUT2D eigenvalue weighted by Gasteiger charge is 2.31. The molecule has 2 aromatic heterocycles. The van der Waals surface area contributed by atoms with E-state index in [2.05, 4.69) is 30.5 Å². The maximum atomic E-state index is 14.5. The fourth-order valence-electron chi connectivity index (χ4n) is 4.78. The highest BCUT2D eigenvalue weighted by atomic mass is 35.5. The minimum Gasteiger partial charge on any atom is -0.352 e. The maximum Gasteiger partial charge on any atom is 0.254 e. The summed E-state index contributed by atoms with van der Waals surface area (Å²) in [5.41, 5.74) is 1.86. The Morgan fingerprint density at radius 3 is 2.77 bits per heavy atom. The summed E-state index contributed by atoms with van der Waals surface area (Å²) in [5.74, 6) is 0.0698. The van der Waals surface area contributed by atoms with E-state index in [9.17, 15) is 14.0 Å². The Kier molecular flexibility index (Phi) is 9.65. The van der Waals surface area contributed by atoms with Crippen LogP contribution in [0.15, 0.2) is 42.9 Å². The third kappa shape index (κ3) is 6.92. The molecule has 0 unspecified atom stereocenters. The Morgan fingerprint density at radius 1 is 1.23 bits per heavy atom. The summed E-state index contributed by atoms with van der Waals surface area (Å²) in [7, 11) is 3.56. The van der Waals surface area contributed by atoms with Crippen LogP contribution in [0.4, 0.5) is 15.9 Å². The molecule has 40 heavy (non-hydrogen) atoms. The molecule has 1 aromatic carbocycles. The van der Waals surface area contributed by atoms with E-state index < -0.39 is 5.82 Å². The van der Waals surface area contributed by atoms with Gasteiger partial charge in [-0.05, 0) is 56.0 Å². The van der Waals surface area contributed by atoms with Gasteiger partial charge in [0.05, 0.1) is 22.9 Å². The Morgan fingerprint density at radius 2 is 2.02 bits per heavy atom. The summed E-state index contributed by atoms with van der Waals surface area (Å²) in [6.45, 7) is 6.06. The molecule has 1 aliphatic rings. The van der Waals surface area contributed by atoms with Gasteiger partial charge in [0.2, 0.25) is 5.91 Å². The quantitative estimate of drug-likeness (QED) is 0.337. The number of hydrogen-bond donors (Lipinski definition) is 2. The van der Waals surface area contributed by atoms with Crippen LogP contribution in [-0.2, 0) is 4.79 Å². The van der Waals surface area contributed by atoms with Crippen molar-refractivity contribution in [1.82, 2.24) is 30.1 Å². The van der Waals surface area contributed by atoms with Crippen molar-refractivity contribution < 1.29 is 14.0 Å². The summed E-state index contributed by atoms with van der Waals surface area (Å²) < 4.78 is 14.5. The molecule has 0 aliphatic carbocycles. The lowest BCUT2D eigenvalue weighted by Crippen LogP contribution is -2.43. The van der Waals surface area contributed by atoms with Gasteiger partial charge in [-0.2, -0.15) is 0 Å². The number of rotatable bonds is 10. The number of benzene rings is 1. The van der Waals surface area contributed by atoms with Gasteiger partial charge in [0.25, 0.3) is 5.91 Å². The van der Waals surface area contributed by atoms with Crippen LogP contribution < -0.4 is 10.6 Å². The second-order valence-electron chi connectivity index (χ2n) is 10.4.